The van der Waals surface area contributed by atoms with Crippen molar-refractivity contribution in [3.63, 3.8) is 0 Å². The molecular weight excluding hydrogens is 632 g/mol. The van der Waals surface area contributed by atoms with Gasteiger partial charge in [-0.05, 0) is 38.5 Å². The molecule has 1 aliphatic rings. The minimum atomic E-state index is -1.86. The molecular formula is C38H68O11. The molecule has 11 nitrogen and oxygen atoms in total. The monoisotopic (exact) mass is 700 g/mol. The normalized spacial score (nSPS) is 21.5. The van der Waals surface area contributed by atoms with Crippen LogP contribution in [0.4, 0.5) is 0 Å². The van der Waals surface area contributed by atoms with Crippen molar-refractivity contribution in [2.45, 2.75) is 198 Å². The van der Waals surface area contributed by atoms with Gasteiger partial charge in [-0.1, -0.05) is 122 Å². The van der Waals surface area contributed by atoms with Gasteiger partial charge in [-0.15, -0.1) is 0 Å². The maximum Gasteiger partial charge on any atom is 0.335 e. The SMILES string of the molecule is CCCCCC/C=C\CCCCCCCC(=O)OCC(COC1OC(C(=O)O)C(O)C(O)C1O)OC(=O)CCCCCCCCCCCC. The highest BCUT2D eigenvalue weighted by Crippen LogP contribution is 2.23. The first-order valence-electron chi connectivity index (χ1n) is 19.2. The van der Waals surface area contributed by atoms with Crippen molar-refractivity contribution in [2.75, 3.05) is 13.2 Å². The molecule has 0 bridgehead atoms. The van der Waals surface area contributed by atoms with Crippen LogP contribution in [0.15, 0.2) is 12.2 Å². The number of ether oxygens (including phenoxy) is 4. The van der Waals surface area contributed by atoms with Gasteiger partial charge in [-0.2, -0.15) is 0 Å². The molecule has 49 heavy (non-hydrogen) atoms. The van der Waals surface area contributed by atoms with Crippen LogP contribution < -0.4 is 0 Å². The highest BCUT2D eigenvalue weighted by atomic mass is 16.7. The molecule has 0 aliphatic carbocycles. The number of carboxylic acid groups (broad SMARTS) is 1. The molecule has 1 heterocycles. The van der Waals surface area contributed by atoms with Gasteiger partial charge in [0.05, 0.1) is 6.61 Å². The van der Waals surface area contributed by atoms with Crippen LogP contribution >= 0.6 is 0 Å². The van der Waals surface area contributed by atoms with E-state index >= 15 is 0 Å². The number of aliphatic hydroxyl groups is 3. The lowest BCUT2D eigenvalue weighted by Gasteiger charge is -2.38. The summed E-state index contributed by atoms with van der Waals surface area (Å²) in [7, 11) is 0. The third kappa shape index (κ3) is 22.4. The molecule has 1 fully saturated rings. The predicted molar refractivity (Wildman–Crippen MR) is 188 cm³/mol. The Balaban J connectivity index is 2.45. The van der Waals surface area contributed by atoms with Gasteiger partial charge in [0.15, 0.2) is 18.5 Å². The summed E-state index contributed by atoms with van der Waals surface area (Å²) in [6.45, 7) is 3.75. The van der Waals surface area contributed by atoms with E-state index in [1.807, 2.05) is 0 Å². The second kappa shape index (κ2) is 29.7. The molecule has 0 spiro atoms. The maximum absolute atomic E-state index is 12.6. The van der Waals surface area contributed by atoms with Crippen molar-refractivity contribution in [1.29, 1.82) is 0 Å². The van der Waals surface area contributed by atoms with E-state index in [0.29, 0.717) is 12.8 Å². The summed E-state index contributed by atoms with van der Waals surface area (Å²) in [5, 5.41) is 39.6. The number of carbonyl (C=O) groups excluding carboxylic acids is 2. The summed E-state index contributed by atoms with van der Waals surface area (Å²) < 4.78 is 21.6. The number of aliphatic carboxylic acids is 1. The van der Waals surface area contributed by atoms with E-state index in [1.54, 1.807) is 0 Å². The Morgan fingerprint density at radius 2 is 1.08 bits per heavy atom. The molecule has 1 saturated heterocycles. The van der Waals surface area contributed by atoms with E-state index in [2.05, 4.69) is 26.0 Å². The smallest absolute Gasteiger partial charge is 0.335 e. The zero-order chi connectivity index (χ0) is 36.1. The Kier molecular flexibility index (Phi) is 27.2. The van der Waals surface area contributed by atoms with Crippen LogP contribution in [-0.4, -0.2) is 88.4 Å². The predicted octanol–water partition coefficient (Wildman–Crippen LogP) is 6.92. The van der Waals surface area contributed by atoms with E-state index in [4.69, 9.17) is 18.9 Å². The van der Waals surface area contributed by atoms with Gasteiger partial charge in [0, 0.05) is 12.8 Å². The second-order valence-corrected chi connectivity index (χ2v) is 13.4. The molecule has 0 saturated carbocycles. The Labute approximate surface area is 295 Å². The van der Waals surface area contributed by atoms with Crippen molar-refractivity contribution < 1.29 is 53.8 Å². The number of unbranched alkanes of at least 4 members (excludes halogenated alkanes) is 18. The van der Waals surface area contributed by atoms with Gasteiger partial charge in [-0.25, -0.2) is 4.79 Å². The highest BCUT2D eigenvalue weighted by Gasteiger charge is 2.47. The third-order valence-corrected chi connectivity index (χ3v) is 8.86. The van der Waals surface area contributed by atoms with E-state index in [1.165, 1.54) is 64.2 Å². The van der Waals surface area contributed by atoms with E-state index in [-0.39, 0.29) is 26.1 Å². The first kappa shape index (κ1) is 45.0. The van der Waals surface area contributed by atoms with Gasteiger partial charge in [-0.3, -0.25) is 9.59 Å². The zero-order valence-corrected chi connectivity index (χ0v) is 30.4. The summed E-state index contributed by atoms with van der Waals surface area (Å²) in [5.74, 6) is -2.45. The topological polar surface area (TPSA) is 169 Å². The van der Waals surface area contributed by atoms with Crippen molar-refractivity contribution in [3.8, 4) is 0 Å². The molecule has 11 heteroatoms. The lowest BCUT2D eigenvalue weighted by atomic mass is 9.99. The lowest BCUT2D eigenvalue weighted by Crippen LogP contribution is -2.60. The summed E-state index contributed by atoms with van der Waals surface area (Å²) in [4.78, 5) is 36.5. The Hall–Kier alpha value is -2.05. The fourth-order valence-corrected chi connectivity index (χ4v) is 5.75. The Bertz CT molecular complexity index is 880. The first-order chi connectivity index (χ1) is 23.7. The van der Waals surface area contributed by atoms with E-state index in [0.717, 1.165) is 57.8 Å². The molecule has 0 radical (unpaired) electrons. The first-order valence-corrected chi connectivity index (χ1v) is 19.2. The van der Waals surface area contributed by atoms with Crippen LogP contribution in [0.1, 0.15) is 162 Å². The van der Waals surface area contributed by atoms with Crippen molar-refractivity contribution in [1.82, 2.24) is 0 Å². The van der Waals surface area contributed by atoms with E-state index < -0.39 is 54.7 Å². The van der Waals surface area contributed by atoms with Gasteiger partial charge < -0.3 is 39.4 Å². The highest BCUT2D eigenvalue weighted by molar-refractivity contribution is 5.73. The molecule has 0 aromatic heterocycles. The summed E-state index contributed by atoms with van der Waals surface area (Å²) in [6.07, 6.45) is 18.5. The van der Waals surface area contributed by atoms with Crippen LogP contribution in [0.25, 0.3) is 0 Å². The summed E-state index contributed by atoms with van der Waals surface area (Å²) in [5.41, 5.74) is 0. The van der Waals surface area contributed by atoms with E-state index in [9.17, 15) is 34.8 Å². The zero-order valence-electron chi connectivity index (χ0n) is 30.4. The number of hydrogen-bond donors (Lipinski definition) is 4. The second-order valence-electron chi connectivity index (χ2n) is 13.4. The average molecular weight is 701 g/mol. The molecule has 286 valence electrons. The Morgan fingerprint density at radius 3 is 1.61 bits per heavy atom. The molecule has 0 amide bonds. The number of aliphatic hydroxyl groups excluding tert-OH is 3. The molecule has 4 N–H and O–H groups in total. The quantitative estimate of drug-likeness (QED) is 0.0337. The van der Waals surface area contributed by atoms with Gasteiger partial charge >= 0.3 is 17.9 Å². The standard InChI is InChI=1S/C38H68O11/c1-3-5-7-9-11-13-15-16-17-19-20-22-24-26-31(39)46-28-30(29-47-38-35(43)33(41)34(42)36(49-38)37(44)45)48-32(40)27-25-23-21-18-14-12-10-8-6-4-2/h13,15,30,33-36,38,41-43H,3-12,14,16-29H2,1-2H3,(H,44,45)/b15-13-. The fourth-order valence-electron chi connectivity index (χ4n) is 5.75. The van der Waals surface area contributed by atoms with Crippen LogP contribution in [0, 0.1) is 0 Å². The van der Waals surface area contributed by atoms with Crippen molar-refractivity contribution in [3.05, 3.63) is 12.2 Å². The van der Waals surface area contributed by atoms with Crippen LogP contribution in [0.3, 0.4) is 0 Å². The van der Waals surface area contributed by atoms with Crippen LogP contribution in [0.2, 0.25) is 0 Å². The number of carboxylic acids is 1. The molecule has 1 rings (SSSR count). The van der Waals surface area contributed by atoms with Crippen molar-refractivity contribution >= 4 is 17.9 Å². The minimum absolute atomic E-state index is 0.185. The minimum Gasteiger partial charge on any atom is -0.479 e. The number of hydrogen-bond acceptors (Lipinski definition) is 10. The molecule has 0 aromatic carbocycles. The van der Waals surface area contributed by atoms with Gasteiger partial charge in [0.2, 0.25) is 0 Å². The number of allylic oxidation sites excluding steroid dienone is 2. The molecule has 6 unspecified atom stereocenters. The largest absolute Gasteiger partial charge is 0.479 e. The Morgan fingerprint density at radius 1 is 0.612 bits per heavy atom. The molecule has 6 atom stereocenters. The summed E-state index contributed by atoms with van der Waals surface area (Å²) in [6, 6.07) is 0. The average Bonchev–Trinajstić information content (AvgIpc) is 3.08. The molecule has 1 aliphatic heterocycles. The van der Waals surface area contributed by atoms with Gasteiger partial charge in [0.1, 0.15) is 24.9 Å². The third-order valence-electron chi connectivity index (χ3n) is 8.86. The fraction of sp³-hybridized carbons (Fsp3) is 0.868. The number of esters is 2. The number of carbonyl (C=O) groups is 3. The van der Waals surface area contributed by atoms with Crippen LogP contribution in [-0.2, 0) is 33.3 Å². The van der Waals surface area contributed by atoms with Crippen molar-refractivity contribution in [2.24, 2.45) is 0 Å². The number of rotatable bonds is 31. The maximum atomic E-state index is 12.6. The summed E-state index contributed by atoms with van der Waals surface area (Å²) >= 11 is 0. The van der Waals surface area contributed by atoms with Crippen LogP contribution in [0.5, 0.6) is 0 Å². The molecule has 0 aromatic rings. The van der Waals surface area contributed by atoms with Gasteiger partial charge in [0.25, 0.3) is 0 Å². The lowest BCUT2D eigenvalue weighted by molar-refractivity contribution is -0.298.